The van der Waals surface area contributed by atoms with Crippen LogP contribution in [0.1, 0.15) is 47.0 Å². The van der Waals surface area contributed by atoms with Crippen LogP contribution in [0.2, 0.25) is 0 Å². The lowest BCUT2D eigenvalue weighted by Crippen LogP contribution is -2.14. The molecule has 1 nitrogen and oxygen atoms in total. The largest absolute Gasteiger partial charge is 0.300 e. The topological polar surface area (TPSA) is 17.1 Å². The van der Waals surface area contributed by atoms with Crippen LogP contribution in [0.25, 0.3) is 0 Å². The standard InChI is InChI=1S/C12H22O/c1-5-7-11(9(4)13)12-8(3)10(12)6-2/h8,10-12H,5-7H2,1-4H3/t8-,10?,11?,12?/m0/s1. The average Bonchev–Trinajstić information content (AvgIpc) is 2.71. The molecule has 0 N–H and O–H groups in total. The van der Waals surface area contributed by atoms with Crippen LogP contribution in [0.5, 0.6) is 0 Å². The lowest BCUT2D eigenvalue weighted by Gasteiger charge is -2.11. The van der Waals surface area contributed by atoms with Gasteiger partial charge in [-0.25, -0.2) is 0 Å². The summed E-state index contributed by atoms with van der Waals surface area (Å²) < 4.78 is 0. The maximum atomic E-state index is 11.4. The van der Waals surface area contributed by atoms with Gasteiger partial charge in [0, 0.05) is 5.92 Å². The van der Waals surface area contributed by atoms with Crippen molar-refractivity contribution in [2.45, 2.75) is 47.0 Å². The summed E-state index contributed by atoms with van der Waals surface area (Å²) in [5.74, 6) is 3.12. The van der Waals surface area contributed by atoms with Crippen LogP contribution in [0.15, 0.2) is 0 Å². The maximum absolute atomic E-state index is 11.4. The smallest absolute Gasteiger partial charge is 0.133 e. The third kappa shape index (κ3) is 2.12. The number of carbonyl (C=O) groups is 1. The monoisotopic (exact) mass is 182 g/mol. The van der Waals surface area contributed by atoms with Gasteiger partial charge in [0.2, 0.25) is 0 Å². The number of hydrogen-bond donors (Lipinski definition) is 0. The van der Waals surface area contributed by atoms with Crippen molar-refractivity contribution in [3.8, 4) is 0 Å². The van der Waals surface area contributed by atoms with Crippen molar-refractivity contribution in [2.24, 2.45) is 23.7 Å². The van der Waals surface area contributed by atoms with Gasteiger partial charge in [0.25, 0.3) is 0 Å². The molecule has 0 saturated heterocycles. The number of hydrogen-bond acceptors (Lipinski definition) is 1. The lowest BCUT2D eigenvalue weighted by atomic mass is 9.92. The second kappa shape index (κ2) is 4.26. The quantitative estimate of drug-likeness (QED) is 0.637. The first-order valence-electron chi connectivity index (χ1n) is 5.63. The van der Waals surface area contributed by atoms with Gasteiger partial charge in [-0.2, -0.15) is 0 Å². The Kier molecular flexibility index (Phi) is 3.52. The average molecular weight is 182 g/mol. The van der Waals surface area contributed by atoms with E-state index in [1.807, 2.05) is 0 Å². The van der Waals surface area contributed by atoms with Crippen LogP contribution in [-0.4, -0.2) is 5.78 Å². The molecule has 0 aromatic heterocycles. The molecule has 1 aliphatic carbocycles. The highest BCUT2D eigenvalue weighted by molar-refractivity contribution is 5.79. The summed E-state index contributed by atoms with van der Waals surface area (Å²) >= 11 is 0. The molecule has 0 aromatic carbocycles. The maximum Gasteiger partial charge on any atom is 0.133 e. The zero-order chi connectivity index (χ0) is 10.0. The van der Waals surface area contributed by atoms with Crippen molar-refractivity contribution in [2.75, 3.05) is 0 Å². The second-order valence-corrected chi connectivity index (χ2v) is 4.51. The third-order valence-corrected chi connectivity index (χ3v) is 3.69. The molecular weight excluding hydrogens is 160 g/mol. The van der Waals surface area contributed by atoms with Crippen molar-refractivity contribution >= 4 is 5.78 Å². The molecule has 3 unspecified atom stereocenters. The summed E-state index contributed by atoms with van der Waals surface area (Å²) in [5.41, 5.74) is 0. The van der Waals surface area contributed by atoms with E-state index in [1.54, 1.807) is 6.92 Å². The van der Waals surface area contributed by atoms with Crippen molar-refractivity contribution in [1.29, 1.82) is 0 Å². The summed E-state index contributed by atoms with van der Waals surface area (Å²) in [7, 11) is 0. The Labute approximate surface area is 81.9 Å². The van der Waals surface area contributed by atoms with E-state index in [1.165, 1.54) is 6.42 Å². The van der Waals surface area contributed by atoms with Crippen LogP contribution in [0, 0.1) is 23.7 Å². The molecule has 0 amide bonds. The number of rotatable bonds is 5. The Hall–Kier alpha value is -0.330. The highest BCUT2D eigenvalue weighted by Gasteiger charge is 2.50. The molecule has 0 heterocycles. The minimum atomic E-state index is 0.366. The van der Waals surface area contributed by atoms with Gasteiger partial charge in [-0.1, -0.05) is 33.6 Å². The highest BCUT2D eigenvalue weighted by atomic mass is 16.1. The van der Waals surface area contributed by atoms with Gasteiger partial charge in [-0.15, -0.1) is 0 Å². The Morgan fingerprint density at radius 1 is 1.38 bits per heavy atom. The van der Waals surface area contributed by atoms with E-state index >= 15 is 0 Å². The Morgan fingerprint density at radius 2 is 2.00 bits per heavy atom. The van der Waals surface area contributed by atoms with E-state index in [0.29, 0.717) is 17.6 Å². The van der Waals surface area contributed by atoms with E-state index in [-0.39, 0.29) is 0 Å². The molecule has 0 bridgehead atoms. The molecule has 1 rings (SSSR count). The van der Waals surface area contributed by atoms with Crippen LogP contribution < -0.4 is 0 Å². The molecule has 0 spiro atoms. The SMILES string of the molecule is CCCC(C(C)=O)C1C(CC)[C@@H]1C. The zero-order valence-corrected chi connectivity index (χ0v) is 9.34. The summed E-state index contributed by atoms with van der Waals surface area (Å²) in [4.78, 5) is 11.4. The number of Topliss-reactive ketones (excluding diaryl/α,β-unsaturated/α-hetero) is 1. The van der Waals surface area contributed by atoms with Gasteiger partial charge < -0.3 is 0 Å². The predicted octanol–water partition coefficient (Wildman–Crippen LogP) is 3.28. The van der Waals surface area contributed by atoms with Crippen LogP contribution >= 0.6 is 0 Å². The molecule has 76 valence electrons. The van der Waals surface area contributed by atoms with Crippen LogP contribution in [0.3, 0.4) is 0 Å². The van der Waals surface area contributed by atoms with Gasteiger partial charge in [0.05, 0.1) is 0 Å². The molecule has 0 aliphatic heterocycles. The first-order chi connectivity index (χ1) is 6.13. The minimum absolute atomic E-state index is 0.366. The molecule has 1 aliphatic rings. The Bertz CT molecular complexity index is 186. The molecule has 0 aromatic rings. The number of ketones is 1. The molecule has 1 saturated carbocycles. The molecule has 4 atom stereocenters. The van der Waals surface area contributed by atoms with Gasteiger partial charge in [0.1, 0.15) is 5.78 Å². The van der Waals surface area contributed by atoms with E-state index in [2.05, 4.69) is 20.8 Å². The van der Waals surface area contributed by atoms with E-state index in [0.717, 1.165) is 24.7 Å². The first kappa shape index (κ1) is 10.7. The fourth-order valence-electron chi connectivity index (χ4n) is 2.87. The van der Waals surface area contributed by atoms with Crippen LogP contribution in [0.4, 0.5) is 0 Å². The summed E-state index contributed by atoms with van der Waals surface area (Å²) in [6.45, 7) is 8.47. The van der Waals surface area contributed by atoms with Gasteiger partial charge in [0.15, 0.2) is 0 Å². The van der Waals surface area contributed by atoms with Gasteiger partial charge in [-0.3, -0.25) is 4.79 Å². The molecular formula is C12H22O. The minimum Gasteiger partial charge on any atom is -0.300 e. The molecule has 1 heteroatoms. The van der Waals surface area contributed by atoms with Gasteiger partial charge in [-0.05, 0) is 31.1 Å². The second-order valence-electron chi connectivity index (χ2n) is 4.51. The van der Waals surface area contributed by atoms with E-state index in [4.69, 9.17) is 0 Å². The van der Waals surface area contributed by atoms with Crippen LogP contribution in [-0.2, 0) is 4.79 Å². The fraction of sp³-hybridized carbons (Fsp3) is 0.917. The molecule has 1 fully saturated rings. The molecule has 0 radical (unpaired) electrons. The summed E-state index contributed by atoms with van der Waals surface area (Å²) in [6.07, 6.45) is 3.49. The fourth-order valence-corrected chi connectivity index (χ4v) is 2.87. The van der Waals surface area contributed by atoms with Crippen molar-refractivity contribution in [3.05, 3.63) is 0 Å². The summed E-state index contributed by atoms with van der Waals surface area (Å²) in [5, 5.41) is 0. The van der Waals surface area contributed by atoms with Crippen molar-refractivity contribution in [3.63, 3.8) is 0 Å². The lowest BCUT2D eigenvalue weighted by molar-refractivity contribution is -0.121. The normalized spacial score (nSPS) is 34.3. The van der Waals surface area contributed by atoms with Crippen molar-refractivity contribution in [1.82, 2.24) is 0 Å². The van der Waals surface area contributed by atoms with E-state index < -0.39 is 0 Å². The van der Waals surface area contributed by atoms with Gasteiger partial charge >= 0.3 is 0 Å². The third-order valence-electron chi connectivity index (χ3n) is 3.69. The summed E-state index contributed by atoms with van der Waals surface area (Å²) in [6, 6.07) is 0. The Balaban J connectivity index is 2.52. The Morgan fingerprint density at radius 3 is 2.31 bits per heavy atom. The zero-order valence-electron chi connectivity index (χ0n) is 9.34. The van der Waals surface area contributed by atoms with E-state index in [9.17, 15) is 4.79 Å². The molecule has 13 heavy (non-hydrogen) atoms. The van der Waals surface area contributed by atoms with Crippen molar-refractivity contribution < 1.29 is 4.79 Å². The highest BCUT2D eigenvalue weighted by Crippen LogP contribution is 2.53. The predicted molar refractivity (Wildman–Crippen MR) is 55.5 cm³/mol. The number of carbonyl (C=O) groups excluding carboxylic acids is 1. The first-order valence-corrected chi connectivity index (χ1v) is 5.63.